The Morgan fingerprint density at radius 1 is 1.33 bits per heavy atom. The predicted octanol–water partition coefficient (Wildman–Crippen LogP) is 5.13. The van der Waals surface area contributed by atoms with E-state index in [2.05, 4.69) is 20.8 Å². The minimum absolute atomic E-state index is 0.00323. The highest BCUT2D eigenvalue weighted by molar-refractivity contribution is 5.83. The first-order valence-electron chi connectivity index (χ1n) is 9.79. The molecular weight excluding hydrogens is 340 g/mol. The second-order valence-corrected chi connectivity index (χ2v) is 8.46. The average Bonchev–Trinajstić information content (AvgIpc) is 2.61. The molecule has 4 nitrogen and oxygen atoms in total. The van der Waals surface area contributed by atoms with Gasteiger partial charge < -0.3 is 10.2 Å². The Kier molecular flexibility index (Phi) is 6.50. The van der Waals surface area contributed by atoms with Gasteiger partial charge >= 0.3 is 0 Å². The van der Waals surface area contributed by atoms with Gasteiger partial charge in [-0.05, 0) is 62.5 Å². The molecule has 1 saturated carbocycles. The molecule has 0 aromatic heterocycles. The molecule has 2 rings (SSSR count). The molecule has 148 valence electrons. The lowest BCUT2D eigenvalue weighted by Crippen LogP contribution is -2.41. The fourth-order valence-electron chi connectivity index (χ4n) is 4.20. The number of benzene rings is 1. The zero-order chi connectivity index (χ0) is 20.4. The molecule has 0 saturated heterocycles. The number of carbonyl (C=O) groups is 2. The van der Waals surface area contributed by atoms with E-state index in [1.165, 1.54) is 6.07 Å². The van der Waals surface area contributed by atoms with E-state index in [1.54, 1.807) is 6.92 Å². The van der Waals surface area contributed by atoms with Crippen molar-refractivity contribution in [2.75, 3.05) is 0 Å². The van der Waals surface area contributed by atoms with Crippen molar-refractivity contribution in [3.8, 4) is 11.5 Å². The fourth-order valence-corrected chi connectivity index (χ4v) is 4.20. The predicted molar refractivity (Wildman–Crippen MR) is 107 cm³/mol. The summed E-state index contributed by atoms with van der Waals surface area (Å²) in [6.07, 6.45) is 6.43. The van der Waals surface area contributed by atoms with Crippen LogP contribution < -0.4 is 0 Å². The molecule has 0 radical (unpaired) electrons. The Bertz CT molecular complexity index is 762. The van der Waals surface area contributed by atoms with Crippen LogP contribution in [0.25, 0.3) is 0 Å². The molecule has 4 heteroatoms. The van der Waals surface area contributed by atoms with E-state index in [9.17, 15) is 19.8 Å². The summed E-state index contributed by atoms with van der Waals surface area (Å²) in [5, 5.41) is 20.4. The Balaban J connectivity index is 2.11. The van der Waals surface area contributed by atoms with Crippen LogP contribution in [-0.4, -0.2) is 22.3 Å². The molecule has 1 aliphatic rings. The quantitative estimate of drug-likeness (QED) is 0.536. The molecule has 1 aromatic rings. The summed E-state index contributed by atoms with van der Waals surface area (Å²) < 4.78 is 0. The van der Waals surface area contributed by atoms with Gasteiger partial charge in [0.2, 0.25) is 0 Å². The van der Waals surface area contributed by atoms with Gasteiger partial charge in [-0.15, -0.1) is 0 Å². The third-order valence-corrected chi connectivity index (χ3v) is 6.88. The molecule has 0 spiro atoms. The standard InChI is InChI=1S/C23H32O4/c1-14(10-11-23(5)16(3)7-9-20(25)17(23)4)6-8-18-21(26)12-15(2)19(13-24)22(18)27/h6,12-13,16-17,26-27H,7-11H2,1-5H3/b14-6+/t16-,17-,23+/m1/s1. The first-order valence-corrected chi connectivity index (χ1v) is 9.79. The van der Waals surface area contributed by atoms with Gasteiger partial charge in [-0.25, -0.2) is 0 Å². The SMILES string of the molecule is C/C(=C\Cc1c(O)cc(C)c(C=O)c1O)CC[C@@]1(C)[C@H](C)CCC(=O)[C@H]1C. The number of allylic oxidation sites excluding steroid dienone is 2. The van der Waals surface area contributed by atoms with E-state index in [1.807, 2.05) is 13.0 Å². The van der Waals surface area contributed by atoms with Gasteiger partial charge in [-0.2, -0.15) is 0 Å². The number of ketones is 1. The van der Waals surface area contributed by atoms with Crippen LogP contribution in [0.5, 0.6) is 11.5 Å². The zero-order valence-electron chi connectivity index (χ0n) is 17.1. The van der Waals surface area contributed by atoms with Crippen LogP contribution in [0.1, 0.15) is 74.9 Å². The first-order chi connectivity index (χ1) is 12.6. The van der Waals surface area contributed by atoms with Gasteiger partial charge in [0.25, 0.3) is 0 Å². The number of hydrogen-bond donors (Lipinski definition) is 2. The molecule has 1 aliphatic carbocycles. The monoisotopic (exact) mass is 372 g/mol. The molecule has 0 amide bonds. The highest BCUT2D eigenvalue weighted by Crippen LogP contribution is 2.47. The van der Waals surface area contributed by atoms with Crippen molar-refractivity contribution in [2.24, 2.45) is 17.3 Å². The summed E-state index contributed by atoms with van der Waals surface area (Å²) >= 11 is 0. The third-order valence-electron chi connectivity index (χ3n) is 6.88. The molecular formula is C23H32O4. The largest absolute Gasteiger partial charge is 0.508 e. The number of Topliss-reactive ketones (excluding diaryl/α,β-unsaturated/α-hetero) is 1. The Morgan fingerprint density at radius 3 is 2.63 bits per heavy atom. The van der Waals surface area contributed by atoms with E-state index in [-0.39, 0.29) is 28.4 Å². The molecule has 1 aromatic carbocycles. The molecule has 1 fully saturated rings. The van der Waals surface area contributed by atoms with Crippen molar-refractivity contribution < 1.29 is 19.8 Å². The van der Waals surface area contributed by atoms with E-state index < -0.39 is 0 Å². The van der Waals surface area contributed by atoms with Crippen LogP contribution in [0.4, 0.5) is 0 Å². The number of rotatable bonds is 6. The van der Waals surface area contributed by atoms with Crippen LogP contribution in [0.15, 0.2) is 17.7 Å². The topological polar surface area (TPSA) is 74.6 Å². The van der Waals surface area contributed by atoms with Crippen molar-refractivity contribution >= 4 is 12.1 Å². The lowest BCUT2D eigenvalue weighted by Gasteiger charge is -2.44. The van der Waals surface area contributed by atoms with Crippen LogP contribution in [0.2, 0.25) is 0 Å². The molecule has 27 heavy (non-hydrogen) atoms. The molecule has 0 unspecified atom stereocenters. The average molecular weight is 373 g/mol. The van der Waals surface area contributed by atoms with Crippen LogP contribution in [0.3, 0.4) is 0 Å². The maximum Gasteiger partial charge on any atom is 0.154 e. The smallest absolute Gasteiger partial charge is 0.154 e. The lowest BCUT2D eigenvalue weighted by atomic mass is 9.59. The molecule has 2 N–H and O–H groups in total. The third kappa shape index (κ3) is 4.26. The number of aryl methyl sites for hydroxylation is 1. The van der Waals surface area contributed by atoms with Gasteiger partial charge in [0.1, 0.15) is 17.3 Å². The maximum absolute atomic E-state index is 12.2. The van der Waals surface area contributed by atoms with Crippen molar-refractivity contribution in [3.05, 3.63) is 34.4 Å². The molecule has 0 heterocycles. The number of aldehydes is 1. The Morgan fingerprint density at radius 2 is 2.00 bits per heavy atom. The van der Waals surface area contributed by atoms with Crippen LogP contribution in [-0.2, 0) is 11.2 Å². The number of carbonyl (C=O) groups excluding carboxylic acids is 2. The Hall–Kier alpha value is -2.10. The van der Waals surface area contributed by atoms with E-state index >= 15 is 0 Å². The van der Waals surface area contributed by atoms with Gasteiger partial charge in [0.05, 0.1) is 5.56 Å². The van der Waals surface area contributed by atoms with Crippen molar-refractivity contribution in [2.45, 2.75) is 66.7 Å². The number of hydrogen-bond acceptors (Lipinski definition) is 4. The molecule has 0 aliphatic heterocycles. The normalized spacial score (nSPS) is 26.3. The van der Waals surface area contributed by atoms with Crippen molar-refractivity contribution in [1.82, 2.24) is 0 Å². The highest BCUT2D eigenvalue weighted by atomic mass is 16.3. The second kappa shape index (κ2) is 8.28. The number of phenols is 2. The van der Waals surface area contributed by atoms with Gasteiger partial charge in [0.15, 0.2) is 6.29 Å². The summed E-state index contributed by atoms with van der Waals surface area (Å²) in [6.45, 7) is 10.2. The summed E-state index contributed by atoms with van der Waals surface area (Å²) in [6, 6.07) is 1.51. The second-order valence-electron chi connectivity index (χ2n) is 8.46. The van der Waals surface area contributed by atoms with E-state index in [0.29, 0.717) is 42.0 Å². The van der Waals surface area contributed by atoms with Gasteiger partial charge in [-0.3, -0.25) is 9.59 Å². The van der Waals surface area contributed by atoms with Gasteiger partial charge in [0, 0.05) is 17.9 Å². The summed E-state index contributed by atoms with van der Waals surface area (Å²) in [5.74, 6) is 0.825. The number of aromatic hydroxyl groups is 2. The molecule has 0 bridgehead atoms. The van der Waals surface area contributed by atoms with E-state index in [0.717, 1.165) is 24.8 Å². The molecule has 3 atom stereocenters. The zero-order valence-corrected chi connectivity index (χ0v) is 17.1. The maximum atomic E-state index is 12.2. The van der Waals surface area contributed by atoms with Gasteiger partial charge in [-0.1, -0.05) is 32.4 Å². The minimum Gasteiger partial charge on any atom is -0.508 e. The first kappa shape index (κ1) is 21.2. The van der Waals surface area contributed by atoms with Crippen molar-refractivity contribution in [1.29, 1.82) is 0 Å². The summed E-state index contributed by atoms with van der Waals surface area (Å²) in [5.41, 5.74) is 2.32. The van der Waals surface area contributed by atoms with Crippen LogP contribution >= 0.6 is 0 Å². The Labute approximate surface area is 162 Å². The van der Waals surface area contributed by atoms with Crippen LogP contribution in [0, 0.1) is 24.2 Å². The lowest BCUT2D eigenvalue weighted by molar-refractivity contribution is -0.132. The van der Waals surface area contributed by atoms with E-state index in [4.69, 9.17) is 0 Å². The minimum atomic E-state index is -0.140. The number of phenolic OH excluding ortho intramolecular Hbond substituents is 2. The highest BCUT2D eigenvalue weighted by Gasteiger charge is 2.42. The van der Waals surface area contributed by atoms with Crippen molar-refractivity contribution in [3.63, 3.8) is 0 Å². The fraction of sp³-hybridized carbons (Fsp3) is 0.565. The summed E-state index contributed by atoms with van der Waals surface area (Å²) in [4.78, 5) is 23.3. The summed E-state index contributed by atoms with van der Waals surface area (Å²) in [7, 11) is 0.